The Morgan fingerprint density at radius 2 is 1.70 bits per heavy atom. The highest BCUT2D eigenvalue weighted by atomic mass is 16.2. The average molecular weight is 453 g/mol. The minimum atomic E-state index is -0.877. The van der Waals surface area contributed by atoms with Crippen LogP contribution in [0.25, 0.3) is 0 Å². The fourth-order valence-corrected chi connectivity index (χ4v) is 5.59. The normalized spacial score (nSPS) is 24.2. The van der Waals surface area contributed by atoms with Gasteiger partial charge in [0, 0.05) is 37.4 Å². The van der Waals surface area contributed by atoms with Crippen LogP contribution >= 0.6 is 0 Å². The number of hydrogen-bond acceptors (Lipinski definition) is 4. The molecule has 1 aromatic carbocycles. The van der Waals surface area contributed by atoms with Crippen molar-refractivity contribution in [3.05, 3.63) is 42.0 Å². The van der Waals surface area contributed by atoms with Crippen molar-refractivity contribution in [2.24, 2.45) is 5.92 Å². The standard InChI is InChI=1S/C26H36N4O3/c1-4-26(24(32)30(18-19(2)3)25(33)27-26)21-12-16-29(17-13-21)23(31)20-8-10-22(11-9-20)28-14-6-5-7-15-28/h8-11,21H,2,4-7,12-18H2,1,3H3,(H,27,33)/t26-/m0/s1. The summed E-state index contributed by atoms with van der Waals surface area (Å²) in [7, 11) is 0. The van der Waals surface area contributed by atoms with Crippen molar-refractivity contribution in [2.75, 3.05) is 37.6 Å². The van der Waals surface area contributed by atoms with Crippen molar-refractivity contribution in [1.29, 1.82) is 0 Å². The molecule has 0 aliphatic carbocycles. The first-order valence-electron chi connectivity index (χ1n) is 12.3. The number of likely N-dealkylation sites (tertiary alicyclic amines) is 1. The maximum atomic E-state index is 13.2. The highest BCUT2D eigenvalue weighted by Gasteiger charge is 2.54. The number of piperidine rings is 2. The Morgan fingerprint density at radius 1 is 1.06 bits per heavy atom. The molecule has 3 aliphatic rings. The van der Waals surface area contributed by atoms with E-state index in [2.05, 4.69) is 28.9 Å². The van der Waals surface area contributed by atoms with E-state index in [4.69, 9.17) is 0 Å². The first-order valence-corrected chi connectivity index (χ1v) is 12.3. The molecule has 4 amide bonds. The van der Waals surface area contributed by atoms with Crippen molar-refractivity contribution in [1.82, 2.24) is 15.1 Å². The predicted octanol–water partition coefficient (Wildman–Crippen LogP) is 3.81. The number of amides is 4. The van der Waals surface area contributed by atoms with E-state index >= 15 is 0 Å². The molecule has 3 fully saturated rings. The number of anilines is 1. The molecule has 7 heteroatoms. The first-order chi connectivity index (χ1) is 15.9. The minimum absolute atomic E-state index is 0.0135. The molecule has 0 radical (unpaired) electrons. The van der Waals surface area contributed by atoms with E-state index in [1.54, 1.807) is 0 Å². The Balaban J connectivity index is 1.39. The van der Waals surface area contributed by atoms with Gasteiger partial charge < -0.3 is 15.1 Å². The number of rotatable bonds is 6. The van der Waals surface area contributed by atoms with E-state index in [0.29, 0.717) is 37.9 Å². The molecule has 1 atom stereocenters. The molecule has 4 rings (SSSR count). The molecule has 0 unspecified atom stereocenters. The molecular weight excluding hydrogens is 416 g/mol. The summed E-state index contributed by atoms with van der Waals surface area (Å²) in [4.78, 5) is 44.4. The Labute approximate surface area is 196 Å². The van der Waals surface area contributed by atoms with Gasteiger partial charge in [-0.1, -0.05) is 19.1 Å². The van der Waals surface area contributed by atoms with Gasteiger partial charge in [0.25, 0.3) is 11.8 Å². The summed E-state index contributed by atoms with van der Waals surface area (Å²) in [6, 6.07) is 7.64. The van der Waals surface area contributed by atoms with E-state index in [9.17, 15) is 14.4 Å². The minimum Gasteiger partial charge on any atom is -0.372 e. The van der Waals surface area contributed by atoms with Crippen molar-refractivity contribution >= 4 is 23.5 Å². The number of nitrogens with one attached hydrogen (secondary N) is 1. The van der Waals surface area contributed by atoms with Gasteiger partial charge in [-0.3, -0.25) is 14.5 Å². The maximum Gasteiger partial charge on any atom is 0.325 e. The lowest BCUT2D eigenvalue weighted by atomic mass is 9.75. The monoisotopic (exact) mass is 452 g/mol. The summed E-state index contributed by atoms with van der Waals surface area (Å²) < 4.78 is 0. The molecule has 178 valence electrons. The molecule has 0 aromatic heterocycles. The zero-order valence-electron chi connectivity index (χ0n) is 19.9. The van der Waals surface area contributed by atoms with E-state index < -0.39 is 5.54 Å². The summed E-state index contributed by atoms with van der Waals surface area (Å²) in [6.07, 6.45) is 5.67. The summed E-state index contributed by atoms with van der Waals surface area (Å²) in [5.74, 6) is -0.106. The number of carbonyl (C=O) groups excluding carboxylic acids is 3. The van der Waals surface area contributed by atoms with Crippen LogP contribution in [0.2, 0.25) is 0 Å². The molecule has 3 heterocycles. The predicted molar refractivity (Wildman–Crippen MR) is 129 cm³/mol. The van der Waals surface area contributed by atoms with Crippen molar-refractivity contribution in [3.63, 3.8) is 0 Å². The van der Waals surface area contributed by atoms with Crippen molar-refractivity contribution in [3.8, 4) is 0 Å². The summed E-state index contributed by atoms with van der Waals surface area (Å²) in [5.41, 5.74) is 1.79. The number of benzene rings is 1. The number of carbonyl (C=O) groups is 3. The molecule has 7 nitrogen and oxygen atoms in total. The molecular formula is C26H36N4O3. The lowest BCUT2D eigenvalue weighted by molar-refractivity contribution is -0.133. The molecule has 0 saturated carbocycles. The fraction of sp³-hybridized carbons (Fsp3) is 0.577. The van der Waals surface area contributed by atoms with Crippen molar-refractivity contribution in [2.45, 2.75) is 57.9 Å². The van der Waals surface area contributed by atoms with E-state index in [0.717, 1.165) is 18.7 Å². The second-order valence-corrected chi connectivity index (χ2v) is 9.76. The lowest BCUT2D eigenvalue weighted by Crippen LogP contribution is -2.56. The largest absolute Gasteiger partial charge is 0.372 e. The summed E-state index contributed by atoms with van der Waals surface area (Å²) >= 11 is 0. The molecule has 0 bridgehead atoms. The average Bonchev–Trinajstić information content (AvgIpc) is 3.09. The van der Waals surface area contributed by atoms with Gasteiger partial charge >= 0.3 is 6.03 Å². The van der Waals surface area contributed by atoms with Crippen LogP contribution in [0.3, 0.4) is 0 Å². The third-order valence-electron chi connectivity index (χ3n) is 7.50. The Hall–Kier alpha value is -2.83. The SMILES string of the molecule is C=C(C)CN1C(=O)N[C@@](CC)(C2CCN(C(=O)c3ccc(N4CCCCC4)cc3)CC2)C1=O. The van der Waals surface area contributed by atoms with Gasteiger partial charge in [0.15, 0.2) is 0 Å². The van der Waals surface area contributed by atoms with Gasteiger partial charge in [-0.15, -0.1) is 0 Å². The second-order valence-electron chi connectivity index (χ2n) is 9.76. The number of nitrogens with zero attached hydrogens (tertiary/aromatic N) is 3. The van der Waals surface area contributed by atoms with E-state index in [-0.39, 0.29) is 30.3 Å². The van der Waals surface area contributed by atoms with Gasteiger partial charge in [0.2, 0.25) is 0 Å². The maximum absolute atomic E-state index is 13.2. The quantitative estimate of drug-likeness (QED) is 0.526. The molecule has 0 spiro atoms. The molecule has 3 saturated heterocycles. The van der Waals surface area contributed by atoms with Gasteiger partial charge in [-0.2, -0.15) is 0 Å². The fourth-order valence-electron chi connectivity index (χ4n) is 5.59. The van der Waals surface area contributed by atoms with Crippen LogP contribution < -0.4 is 10.2 Å². The third kappa shape index (κ3) is 4.50. The molecule has 1 N–H and O–H groups in total. The number of imide groups is 1. The highest BCUT2D eigenvalue weighted by Crippen LogP contribution is 2.36. The topological polar surface area (TPSA) is 73.0 Å². The van der Waals surface area contributed by atoms with Crippen LogP contribution in [0, 0.1) is 5.92 Å². The Kier molecular flexibility index (Phi) is 6.77. The van der Waals surface area contributed by atoms with Crippen LogP contribution in [-0.4, -0.2) is 65.9 Å². The van der Waals surface area contributed by atoms with E-state index in [1.165, 1.54) is 29.8 Å². The van der Waals surface area contributed by atoms with Crippen LogP contribution in [-0.2, 0) is 4.79 Å². The van der Waals surface area contributed by atoms with E-state index in [1.807, 2.05) is 30.9 Å². The van der Waals surface area contributed by atoms with Crippen LogP contribution in [0.1, 0.15) is 62.7 Å². The Bertz CT molecular complexity index is 914. The van der Waals surface area contributed by atoms with Gasteiger partial charge in [0.05, 0.1) is 6.54 Å². The highest BCUT2D eigenvalue weighted by molar-refractivity contribution is 6.07. The van der Waals surface area contributed by atoms with Crippen LogP contribution in [0.15, 0.2) is 36.4 Å². The van der Waals surface area contributed by atoms with Gasteiger partial charge in [0.1, 0.15) is 5.54 Å². The van der Waals surface area contributed by atoms with Crippen LogP contribution in [0.5, 0.6) is 0 Å². The summed E-state index contributed by atoms with van der Waals surface area (Å²) in [6.45, 7) is 11.2. The third-order valence-corrected chi connectivity index (χ3v) is 7.50. The second kappa shape index (κ2) is 9.57. The zero-order valence-corrected chi connectivity index (χ0v) is 19.9. The first kappa shape index (κ1) is 23.3. The number of hydrogen-bond donors (Lipinski definition) is 1. The van der Waals surface area contributed by atoms with Gasteiger partial charge in [-0.25, -0.2) is 4.79 Å². The molecule has 33 heavy (non-hydrogen) atoms. The molecule has 1 aromatic rings. The summed E-state index contributed by atoms with van der Waals surface area (Å²) in [5, 5.41) is 2.99. The smallest absolute Gasteiger partial charge is 0.325 e. The van der Waals surface area contributed by atoms with Crippen molar-refractivity contribution < 1.29 is 14.4 Å². The Morgan fingerprint density at radius 3 is 2.27 bits per heavy atom. The van der Waals surface area contributed by atoms with Gasteiger partial charge in [-0.05, 0) is 75.6 Å². The zero-order chi connectivity index (χ0) is 23.6. The van der Waals surface area contributed by atoms with Crippen LogP contribution in [0.4, 0.5) is 10.5 Å². The number of urea groups is 1. The lowest BCUT2D eigenvalue weighted by Gasteiger charge is -2.40. The molecule has 3 aliphatic heterocycles.